The molecule has 99 valence electrons. The van der Waals surface area contributed by atoms with E-state index < -0.39 is 10.0 Å². The third-order valence-electron chi connectivity index (χ3n) is 2.44. The van der Waals surface area contributed by atoms with Crippen LogP contribution in [0, 0.1) is 5.41 Å². The fourth-order valence-corrected chi connectivity index (χ4v) is 2.26. The average molecular weight is 299 g/mol. The van der Waals surface area contributed by atoms with Crippen LogP contribution in [0.3, 0.4) is 0 Å². The van der Waals surface area contributed by atoms with Gasteiger partial charge in [-0.25, -0.2) is 12.8 Å². The fourth-order valence-electron chi connectivity index (χ4n) is 1.59. The van der Waals surface area contributed by atoms with E-state index in [0.717, 1.165) is 4.42 Å². The molecule has 0 saturated carbocycles. The Morgan fingerprint density at radius 3 is 2.63 bits per heavy atom. The van der Waals surface area contributed by atoms with Gasteiger partial charge in [0, 0.05) is 28.7 Å². The van der Waals surface area contributed by atoms with Crippen molar-refractivity contribution in [2.45, 2.75) is 4.90 Å². The van der Waals surface area contributed by atoms with Gasteiger partial charge in [0.1, 0.15) is 0 Å². The molecule has 19 heavy (non-hydrogen) atoms. The minimum absolute atomic E-state index is 0.136. The molecule has 0 aliphatic carbocycles. The number of fused-ring (bicyclic) bond motifs is 1. The van der Waals surface area contributed by atoms with Crippen LogP contribution in [0.2, 0.25) is 0 Å². The van der Waals surface area contributed by atoms with Crippen molar-refractivity contribution in [2.24, 2.45) is 5.73 Å². The first-order valence-electron chi connectivity index (χ1n) is 4.98. The summed E-state index contributed by atoms with van der Waals surface area (Å²) in [5.74, 6) is -0.381. The molecule has 0 fully saturated rings. The number of halogens is 1. The lowest BCUT2D eigenvalue weighted by molar-refractivity contribution is 0.596. The maximum Gasteiger partial charge on any atom is 0.254 e. The Bertz CT molecular complexity index is 762. The number of pyridine rings is 1. The van der Waals surface area contributed by atoms with Crippen LogP contribution < -0.4 is 15.3 Å². The van der Waals surface area contributed by atoms with Crippen molar-refractivity contribution in [1.82, 2.24) is 10.1 Å². The zero-order valence-corrected chi connectivity index (χ0v) is 11.0. The van der Waals surface area contributed by atoms with Crippen molar-refractivity contribution in [2.75, 3.05) is 4.42 Å². The fraction of sp³-hybridized carbons (Fsp3) is 0. The summed E-state index contributed by atoms with van der Waals surface area (Å²) in [6.45, 7) is 0. The molecule has 2 rings (SSSR count). The van der Waals surface area contributed by atoms with Gasteiger partial charge in [-0.15, -0.1) is 5.14 Å². The van der Waals surface area contributed by atoms with Gasteiger partial charge in [-0.05, 0) is 12.1 Å². The third-order valence-corrected chi connectivity index (χ3v) is 3.68. The lowest BCUT2D eigenvalue weighted by Gasteiger charge is -2.15. The number of hydrogen-bond donors (Lipinski definition) is 2. The zero-order valence-electron chi connectivity index (χ0n) is 9.46. The van der Waals surface area contributed by atoms with Crippen molar-refractivity contribution >= 4 is 44.2 Å². The number of nitrogens with one attached hydrogen (secondary N) is 2. The molecule has 1 radical (unpaired) electrons. The van der Waals surface area contributed by atoms with Gasteiger partial charge in [0.2, 0.25) is 5.96 Å². The molecule has 1 heterocycles. The normalized spacial score (nSPS) is 11.5. The van der Waals surface area contributed by atoms with E-state index in [1.54, 1.807) is 0 Å². The van der Waals surface area contributed by atoms with Crippen molar-refractivity contribution in [3.8, 4) is 0 Å². The van der Waals surface area contributed by atoms with E-state index in [-0.39, 0.29) is 10.9 Å². The highest BCUT2D eigenvalue weighted by molar-refractivity contribution is 7.88. The lowest BCUT2D eigenvalue weighted by atomic mass is 10.1. The van der Waals surface area contributed by atoms with Crippen molar-refractivity contribution in [1.29, 1.82) is 5.41 Å². The number of hydrogen-bond acceptors (Lipinski definition) is 4. The second-order valence-corrected chi connectivity index (χ2v) is 5.53. The number of rotatable bonds is 2. The Balaban J connectivity index is 2.69. The highest BCUT2D eigenvalue weighted by Gasteiger charge is 2.14. The summed E-state index contributed by atoms with van der Waals surface area (Å²) in [5.41, 5.74) is 5.64. The first kappa shape index (κ1) is 13.5. The minimum atomic E-state index is -4.04. The predicted octanol–water partition coefficient (Wildman–Crippen LogP) is 1.06. The number of anilines is 1. The van der Waals surface area contributed by atoms with Gasteiger partial charge in [-0.1, -0.05) is 6.07 Å². The molecule has 0 bridgehead atoms. The van der Waals surface area contributed by atoms with Crippen molar-refractivity contribution < 1.29 is 8.42 Å². The second kappa shape index (κ2) is 4.65. The van der Waals surface area contributed by atoms with Gasteiger partial charge in [0.15, 0.2) is 0 Å². The minimum Gasteiger partial charge on any atom is -0.369 e. The van der Waals surface area contributed by atoms with E-state index in [0.29, 0.717) is 16.5 Å². The number of guanidine groups is 1. The molecule has 1 aromatic carbocycles. The number of benzene rings is 1. The molecule has 0 aliphatic heterocycles. The topological polar surface area (TPSA) is 124 Å². The maximum absolute atomic E-state index is 11.2. The van der Waals surface area contributed by atoms with Crippen molar-refractivity contribution in [3.05, 3.63) is 30.6 Å². The van der Waals surface area contributed by atoms with Gasteiger partial charge in [0.25, 0.3) is 10.0 Å². The molecule has 4 N–H and O–H groups in total. The van der Waals surface area contributed by atoms with Crippen molar-refractivity contribution in [3.63, 3.8) is 0 Å². The zero-order chi connectivity index (χ0) is 14.2. The molecular formula is C10H9ClN5O2S. The number of nitrogens with zero attached hydrogens (tertiary/aromatic N) is 2. The third kappa shape index (κ3) is 2.60. The number of nitrogens with two attached hydrogens (primary N) is 1. The monoisotopic (exact) mass is 298 g/mol. The van der Waals surface area contributed by atoms with E-state index >= 15 is 0 Å². The Morgan fingerprint density at radius 2 is 2.05 bits per heavy atom. The van der Waals surface area contributed by atoms with Gasteiger partial charge in [-0.2, -0.15) is 0 Å². The molecule has 1 aromatic heterocycles. The molecule has 0 unspecified atom stereocenters. The number of aromatic nitrogens is 1. The van der Waals surface area contributed by atoms with Crippen LogP contribution in [0.4, 0.5) is 5.69 Å². The summed E-state index contributed by atoms with van der Waals surface area (Å²) >= 11 is 5.84. The van der Waals surface area contributed by atoms with Crippen LogP contribution in [-0.2, 0) is 10.0 Å². The summed E-state index contributed by atoms with van der Waals surface area (Å²) in [6.07, 6.45) is 2.85. The average Bonchev–Trinajstić information content (AvgIpc) is 2.35. The summed E-state index contributed by atoms with van der Waals surface area (Å²) in [7, 11) is -4.04. The van der Waals surface area contributed by atoms with E-state index in [1.165, 1.54) is 30.6 Å². The molecular weight excluding hydrogens is 290 g/mol. The van der Waals surface area contributed by atoms with E-state index in [9.17, 15) is 8.42 Å². The Labute approximate surface area is 114 Å². The summed E-state index contributed by atoms with van der Waals surface area (Å²) in [4.78, 5) is 3.77. The molecule has 0 atom stereocenters. The maximum atomic E-state index is 11.2. The molecule has 0 spiro atoms. The smallest absolute Gasteiger partial charge is 0.254 e. The van der Waals surface area contributed by atoms with Gasteiger partial charge < -0.3 is 5.73 Å². The Hall–Kier alpha value is -1.90. The first-order chi connectivity index (χ1) is 8.80. The first-order valence-corrected chi connectivity index (χ1v) is 6.80. The highest BCUT2D eigenvalue weighted by atomic mass is 35.5. The molecule has 7 nitrogen and oxygen atoms in total. The van der Waals surface area contributed by atoms with Crippen LogP contribution in [0.5, 0.6) is 0 Å². The van der Waals surface area contributed by atoms with Gasteiger partial charge >= 0.3 is 0 Å². The summed E-state index contributed by atoms with van der Waals surface area (Å²) in [6, 6.07) is 4.10. The number of sulfonamides is 1. The van der Waals surface area contributed by atoms with Gasteiger partial charge in [-0.3, -0.25) is 10.4 Å². The molecule has 9 heteroatoms. The van der Waals surface area contributed by atoms with Crippen LogP contribution >= 0.6 is 11.8 Å². The lowest BCUT2D eigenvalue weighted by Crippen LogP contribution is -2.28. The Morgan fingerprint density at radius 1 is 1.37 bits per heavy atom. The molecule has 2 aromatic rings. The summed E-state index contributed by atoms with van der Waals surface area (Å²) < 4.78 is 23.2. The Kier molecular flexibility index (Phi) is 3.31. The van der Waals surface area contributed by atoms with Gasteiger partial charge in [0.05, 0.1) is 16.8 Å². The largest absolute Gasteiger partial charge is 0.369 e. The van der Waals surface area contributed by atoms with E-state index in [4.69, 9.17) is 28.1 Å². The highest BCUT2D eigenvalue weighted by Crippen LogP contribution is 2.28. The van der Waals surface area contributed by atoms with Crippen LogP contribution in [-0.4, -0.2) is 19.4 Å². The predicted molar refractivity (Wildman–Crippen MR) is 72.3 cm³/mol. The SMILES string of the molecule is [NH]S(=O)(=O)c1ccc2c(N(Cl)C(=N)N)cncc2c1. The van der Waals surface area contributed by atoms with Crippen LogP contribution in [0.15, 0.2) is 35.5 Å². The molecule has 0 aliphatic rings. The second-order valence-electron chi connectivity index (χ2n) is 3.71. The van der Waals surface area contributed by atoms with Crippen LogP contribution in [0.1, 0.15) is 0 Å². The molecule has 0 amide bonds. The standard InChI is InChI=1S/C10H9ClN5O2S/c11-16(10(12)13)9-5-15-4-6-3-7(19(14,17)18)1-2-8(6)9/h1-5,14H,(H3,12,13). The van der Waals surface area contributed by atoms with E-state index in [2.05, 4.69) is 4.98 Å². The molecule has 0 saturated heterocycles. The summed E-state index contributed by atoms with van der Waals surface area (Å²) in [5, 5.41) is 15.3. The van der Waals surface area contributed by atoms with E-state index in [1.807, 2.05) is 0 Å². The van der Waals surface area contributed by atoms with Crippen LogP contribution in [0.25, 0.3) is 10.8 Å². The quantitative estimate of drug-likeness (QED) is 0.487.